The number of ether oxygens (including phenoxy) is 17. The van der Waals surface area contributed by atoms with Crippen LogP contribution in [-0.4, -0.2) is 423 Å². The Hall–Kier alpha value is -2.54. The van der Waals surface area contributed by atoms with Gasteiger partial charge >= 0.3 is 59.1 Å². The molecular weight excluding hydrogens is 1490 g/mol. The molecule has 0 aliphatic carbocycles. The molecule has 30 heterocycles. The van der Waals surface area contributed by atoms with Crippen molar-refractivity contribution in [2.45, 2.75) is 246 Å². The van der Waals surface area contributed by atoms with Gasteiger partial charge in [-0.2, -0.15) is 0 Å². The van der Waals surface area contributed by atoms with Gasteiger partial charge in [0.1, 0.15) is 208 Å². The SMILES string of the molecule is O=C([O-])c1ccccc1NC[C@H]1O[C@@H]2O[C@H]3[C@H](O)[C@@H](O)[C@@H](O[C@H]4[C@H](O)[C@@H](O)[C@@H](O[C@H]5[C@H](O)[C@@H](O)[C@@H](O[C@H]6[C@H](O)[C@@H](O)[C@@H](O[C@H]7[C@H](O)[C@@H](O)[C@@H](O[C@H]8[C@H](O)[C@@H](O)[C@@H](O[C@H]9[C@H](O)[C@@H](O)[C@@H](O[C@H]1[C@H](O)[C@H]2O)O[C@@H]9CO)O[C@@H]8CO)O[C@@H]7CO)O[C@@H]6CO)O[C@@H]5COc1ccccc1C(=O)[O-])O[C@@H]4CO)O[C@@H]3CO.[Na+].[Na+]. The number of nitrogens with one attached hydrogen (secondary N) is 1. The number of hydrogen-bond donors (Lipinski definition) is 23. The van der Waals surface area contributed by atoms with Crippen molar-refractivity contribution in [2.24, 2.45) is 0 Å². The Bertz CT molecular complexity index is 3090. The Morgan fingerprint density at radius 3 is 0.769 bits per heavy atom. The Labute approximate surface area is 654 Å². The van der Waals surface area contributed by atoms with E-state index in [2.05, 4.69) is 5.32 Å². The minimum absolute atomic E-state index is 0. The molecule has 0 amide bonds. The van der Waals surface area contributed by atoms with Crippen LogP contribution in [0.1, 0.15) is 20.7 Å². The number of carboxylic acids is 2. The van der Waals surface area contributed by atoms with Gasteiger partial charge in [-0.05, 0) is 18.2 Å². The van der Waals surface area contributed by atoms with E-state index in [0.29, 0.717) is 0 Å². The third kappa shape index (κ3) is 18.6. The minimum atomic E-state index is -2.36. The number of anilines is 1. The Kier molecular flexibility index (Phi) is 32.2. The Balaban J connectivity index is 0.00000673. The maximum atomic E-state index is 12.2. The van der Waals surface area contributed by atoms with Gasteiger partial charge in [-0.15, -0.1) is 0 Å². The second kappa shape index (κ2) is 38.9. The summed E-state index contributed by atoms with van der Waals surface area (Å²) >= 11 is 0. The van der Waals surface area contributed by atoms with Crippen LogP contribution in [0.15, 0.2) is 48.5 Å². The van der Waals surface area contributed by atoms with Crippen molar-refractivity contribution in [1.29, 1.82) is 0 Å². The van der Waals surface area contributed by atoms with Gasteiger partial charge < -0.3 is 218 Å². The largest absolute Gasteiger partial charge is 1.00 e. The molecule has 2 aromatic carbocycles. The molecule has 23 N–H and O–H groups in total. The third-order valence-electron chi connectivity index (χ3n) is 19.7. The van der Waals surface area contributed by atoms with Crippen molar-refractivity contribution in [3.63, 3.8) is 0 Å². The molecule has 2 aromatic rings. The van der Waals surface area contributed by atoms with Crippen molar-refractivity contribution < 1.29 is 272 Å². The quantitative estimate of drug-likeness (QED) is 0.0781. The summed E-state index contributed by atoms with van der Waals surface area (Å²) < 4.78 is 99.6. The molecule has 44 nitrogen and oxygen atoms in total. The topological polar surface area (TPSA) is 694 Å². The van der Waals surface area contributed by atoms with E-state index >= 15 is 0 Å². The molecule has 108 heavy (non-hydrogen) atoms. The molecule has 30 saturated heterocycles. The smallest absolute Gasteiger partial charge is 0.545 e. The van der Waals surface area contributed by atoms with Crippen molar-refractivity contribution in [1.82, 2.24) is 0 Å². The van der Waals surface area contributed by atoms with Crippen LogP contribution in [0.25, 0.3) is 0 Å². The fraction of sp³-hybridized carbons (Fsp3) is 0.774. The minimum Gasteiger partial charge on any atom is -0.545 e. The number of carboxylic acid groups (broad SMARTS) is 2. The summed E-state index contributed by atoms with van der Waals surface area (Å²) in [4.78, 5) is 24.3. The predicted molar refractivity (Wildman–Crippen MR) is 322 cm³/mol. The van der Waals surface area contributed by atoms with E-state index in [1.54, 1.807) is 0 Å². The molecule has 0 unspecified atom stereocenters. The van der Waals surface area contributed by atoms with Crippen LogP contribution in [0, 0.1) is 0 Å². The number of hydrogen-bond acceptors (Lipinski definition) is 44. The summed E-state index contributed by atoms with van der Waals surface area (Å²) in [6.07, 6.45) is -85.3. The molecule has 0 aromatic heterocycles. The fourth-order valence-electron chi connectivity index (χ4n) is 13.9. The second-order valence-corrected chi connectivity index (χ2v) is 26.4. The summed E-state index contributed by atoms with van der Waals surface area (Å²) in [6.45, 7) is -8.38. The third-order valence-corrected chi connectivity index (χ3v) is 19.7. The number of aliphatic hydroxyl groups is 22. The molecule has 40 atom stereocenters. The van der Waals surface area contributed by atoms with Gasteiger partial charge in [-0.25, -0.2) is 0 Å². The molecule has 0 radical (unpaired) electrons. The van der Waals surface area contributed by atoms with Crippen molar-refractivity contribution in [2.75, 3.05) is 58.1 Å². The van der Waals surface area contributed by atoms with Crippen LogP contribution < -0.4 is 79.4 Å². The average molecular weight is 1580 g/mol. The van der Waals surface area contributed by atoms with Crippen molar-refractivity contribution >= 4 is 17.6 Å². The molecule has 30 fully saturated rings. The maximum absolute atomic E-state index is 12.2. The van der Waals surface area contributed by atoms with E-state index < -0.39 is 322 Å². The van der Waals surface area contributed by atoms with Crippen LogP contribution in [0.4, 0.5) is 5.69 Å². The number of rotatable bonds is 14. The van der Waals surface area contributed by atoms with Gasteiger partial charge in [-0.3, -0.25) is 0 Å². The van der Waals surface area contributed by atoms with E-state index in [1.807, 2.05) is 0 Å². The summed E-state index contributed by atoms with van der Waals surface area (Å²) in [7, 11) is 0. The molecular formula is C62H87NNa2O43. The van der Waals surface area contributed by atoms with Gasteiger partial charge in [0.2, 0.25) is 0 Å². The van der Waals surface area contributed by atoms with Gasteiger partial charge in [0, 0.05) is 23.4 Å². The van der Waals surface area contributed by atoms with E-state index in [0.717, 1.165) is 12.1 Å². The second-order valence-electron chi connectivity index (χ2n) is 26.4. The first kappa shape index (κ1) is 89.4. The number of aromatic carboxylic acids is 2. The normalized spacial score (nSPS) is 46.9. The molecule has 46 heteroatoms. The number of carbonyl (C=O) groups excluding carboxylic acids is 2. The average Bonchev–Trinajstić information content (AvgIpc) is 0.774. The van der Waals surface area contributed by atoms with Crippen LogP contribution in [-0.2, 0) is 75.8 Å². The number of benzene rings is 2. The van der Waals surface area contributed by atoms with E-state index in [4.69, 9.17) is 80.5 Å². The van der Waals surface area contributed by atoms with Crippen molar-refractivity contribution in [3.8, 4) is 5.75 Å². The van der Waals surface area contributed by atoms with Crippen LogP contribution in [0.2, 0.25) is 0 Å². The first-order chi connectivity index (χ1) is 50.6. The number of carbonyl (C=O) groups is 2. The summed E-state index contributed by atoms with van der Waals surface area (Å²) in [6, 6.07) is 10.1. The monoisotopic (exact) mass is 1580 g/mol. The Morgan fingerprint density at radius 2 is 0.509 bits per heavy atom. The first-order valence-corrected chi connectivity index (χ1v) is 33.6. The predicted octanol–water partition coefficient (Wildman–Crippen LogP) is -22.5. The zero-order valence-electron chi connectivity index (χ0n) is 57.3. The molecule has 32 rings (SSSR count). The molecule has 600 valence electrons. The molecule has 30 aliphatic heterocycles. The summed E-state index contributed by atoms with van der Waals surface area (Å²) in [5, 5.41) is 278. The molecule has 30 aliphatic rings. The van der Waals surface area contributed by atoms with Gasteiger partial charge in [0.15, 0.2) is 50.3 Å². The summed E-state index contributed by atoms with van der Waals surface area (Å²) in [5.74, 6) is -3.79. The number of aliphatic hydroxyl groups excluding tert-OH is 22. The zero-order valence-corrected chi connectivity index (χ0v) is 61.3. The number of para-hydroxylation sites is 2. The van der Waals surface area contributed by atoms with Crippen LogP contribution in [0.3, 0.4) is 0 Å². The Morgan fingerprint density at radius 1 is 0.296 bits per heavy atom. The van der Waals surface area contributed by atoms with Gasteiger partial charge in [-0.1, -0.05) is 30.3 Å². The van der Waals surface area contributed by atoms with E-state index in [9.17, 15) is 132 Å². The van der Waals surface area contributed by atoms with Crippen molar-refractivity contribution in [3.05, 3.63) is 59.7 Å². The standard InChI is InChI=1S/C62H89NO43.2Na/c64-10-22-46-31(72)39(80)57(93-22)104-50-26(14-68)97-61(43(84)35(50)76)106-52-28(16-90-20-8-4-2-6-18(20)54(88)89)98-62(44(85)36(52)77)105-51-27(15-69)96-60(42(83)34(51)75)103-49-25(13-67)95-59(41(82)33(49)74)102-48-24(12-66)94-58(40(81)32(48)73)101-47-23(11-65)92-56(38(79)30(47)71)99-45-21(91-55(100-46)37(78)29(45)70)9-63-19-7-3-1-5-17(19)53(86)87;;/h1-8,21-52,55-85H,9-16H2,(H,86,87)(H,88,89);;/q;2*+1/p-2/t21-,22-,23-,24-,25-,26-,27-,28-,29-,30-,31-,32-,33-,34-,35-,36-,37-,38-,39-,40-,41-,42-,43-,44-,45-,46-,47-,48-,49-,50-,51-,52-,55-,56-,57-,58-,59-,60-,61-,62-;;/m1../s1. The molecule has 0 saturated carbocycles. The summed E-state index contributed by atoms with van der Waals surface area (Å²) in [5.41, 5.74) is -1.07. The first-order valence-electron chi connectivity index (χ1n) is 33.6. The van der Waals surface area contributed by atoms with Gasteiger partial charge in [0.05, 0.1) is 51.6 Å². The van der Waals surface area contributed by atoms with Crippen LogP contribution >= 0.6 is 0 Å². The van der Waals surface area contributed by atoms with Crippen LogP contribution in [0.5, 0.6) is 5.75 Å². The van der Waals surface area contributed by atoms with Gasteiger partial charge in [0.25, 0.3) is 0 Å². The maximum Gasteiger partial charge on any atom is 1.00 e. The zero-order chi connectivity index (χ0) is 76.6. The fourth-order valence-corrected chi connectivity index (χ4v) is 13.9. The van der Waals surface area contributed by atoms with E-state index in [-0.39, 0.29) is 70.6 Å². The molecule has 0 spiro atoms. The molecule has 16 bridgehead atoms. The van der Waals surface area contributed by atoms with E-state index in [1.165, 1.54) is 36.4 Å².